The first-order valence-electron chi connectivity index (χ1n) is 6.15. The van der Waals surface area contributed by atoms with Crippen molar-refractivity contribution < 1.29 is 4.79 Å². The van der Waals surface area contributed by atoms with Gasteiger partial charge in [0.25, 0.3) is 5.91 Å². The molecule has 0 spiro atoms. The van der Waals surface area contributed by atoms with Crippen LogP contribution in [0.4, 0.5) is 0 Å². The van der Waals surface area contributed by atoms with Crippen LogP contribution in [0.5, 0.6) is 0 Å². The molecule has 6 heteroatoms. The quantitative estimate of drug-likeness (QED) is 0.873. The molecule has 4 nitrogen and oxygen atoms in total. The molecule has 0 aromatic carbocycles. The zero-order valence-electron chi connectivity index (χ0n) is 10.5. The van der Waals surface area contributed by atoms with Crippen molar-refractivity contribution >= 4 is 28.8 Å². The van der Waals surface area contributed by atoms with E-state index in [4.69, 9.17) is 11.6 Å². The van der Waals surface area contributed by atoms with Gasteiger partial charge in [0.05, 0.1) is 15.4 Å². The van der Waals surface area contributed by atoms with Gasteiger partial charge in [-0.3, -0.25) is 9.48 Å². The minimum Gasteiger partial charge on any atom is -0.337 e. The molecule has 3 heterocycles. The van der Waals surface area contributed by atoms with E-state index in [1.54, 1.807) is 12.1 Å². The molecule has 1 saturated heterocycles. The van der Waals surface area contributed by atoms with Crippen LogP contribution in [0, 0.1) is 12.8 Å². The summed E-state index contributed by atoms with van der Waals surface area (Å²) in [6.45, 7) is 4.50. The monoisotopic (exact) mass is 295 g/mol. The van der Waals surface area contributed by atoms with Crippen molar-refractivity contribution in [3.05, 3.63) is 39.3 Å². The fourth-order valence-electron chi connectivity index (χ4n) is 2.27. The average Bonchev–Trinajstić information content (AvgIpc) is 2.91. The van der Waals surface area contributed by atoms with Crippen molar-refractivity contribution in [3.8, 4) is 0 Å². The van der Waals surface area contributed by atoms with Gasteiger partial charge in [-0.1, -0.05) is 11.6 Å². The average molecular weight is 296 g/mol. The van der Waals surface area contributed by atoms with Crippen LogP contribution in [-0.4, -0.2) is 33.7 Å². The van der Waals surface area contributed by atoms with Gasteiger partial charge >= 0.3 is 0 Å². The normalized spacial score (nSPS) is 15.6. The van der Waals surface area contributed by atoms with Gasteiger partial charge in [-0.2, -0.15) is 5.10 Å². The SMILES string of the molecule is Cc1cnn(CC2CN(C(=O)c3ccc(Cl)s3)C2)c1. The van der Waals surface area contributed by atoms with Gasteiger partial charge in [0, 0.05) is 31.7 Å². The third-order valence-electron chi connectivity index (χ3n) is 3.24. The molecule has 0 atom stereocenters. The number of hydrogen-bond acceptors (Lipinski definition) is 3. The molecule has 2 aromatic heterocycles. The molecule has 2 aromatic rings. The number of aromatic nitrogens is 2. The molecule has 0 aliphatic carbocycles. The molecular formula is C13H14ClN3OS. The van der Waals surface area contributed by atoms with Gasteiger partial charge in [0.2, 0.25) is 0 Å². The highest BCUT2D eigenvalue weighted by Crippen LogP contribution is 2.26. The Morgan fingerprint density at radius 1 is 1.53 bits per heavy atom. The molecular weight excluding hydrogens is 282 g/mol. The molecule has 19 heavy (non-hydrogen) atoms. The van der Waals surface area contributed by atoms with Gasteiger partial charge < -0.3 is 4.90 Å². The minimum atomic E-state index is 0.0878. The molecule has 1 aliphatic rings. The maximum absolute atomic E-state index is 12.1. The van der Waals surface area contributed by atoms with Gasteiger partial charge in [0.15, 0.2) is 0 Å². The number of carbonyl (C=O) groups is 1. The maximum Gasteiger partial charge on any atom is 0.263 e. The van der Waals surface area contributed by atoms with Gasteiger partial charge in [0.1, 0.15) is 0 Å². The molecule has 3 rings (SSSR count). The molecule has 0 bridgehead atoms. The number of amides is 1. The van der Waals surface area contributed by atoms with Gasteiger partial charge in [-0.05, 0) is 24.6 Å². The van der Waals surface area contributed by atoms with E-state index in [-0.39, 0.29) is 5.91 Å². The summed E-state index contributed by atoms with van der Waals surface area (Å²) in [4.78, 5) is 14.7. The number of thiophene rings is 1. The van der Waals surface area contributed by atoms with Crippen molar-refractivity contribution in [2.75, 3.05) is 13.1 Å². The van der Waals surface area contributed by atoms with E-state index in [0.29, 0.717) is 10.3 Å². The molecule has 0 saturated carbocycles. The zero-order valence-corrected chi connectivity index (χ0v) is 12.1. The lowest BCUT2D eigenvalue weighted by atomic mass is 10.00. The van der Waals surface area contributed by atoms with Crippen LogP contribution in [-0.2, 0) is 6.54 Å². The van der Waals surface area contributed by atoms with Crippen LogP contribution < -0.4 is 0 Å². The smallest absolute Gasteiger partial charge is 0.263 e. The van der Waals surface area contributed by atoms with Crippen molar-refractivity contribution in [2.24, 2.45) is 5.92 Å². The molecule has 0 unspecified atom stereocenters. The van der Waals surface area contributed by atoms with Crippen LogP contribution in [0.3, 0.4) is 0 Å². The van der Waals surface area contributed by atoms with Gasteiger partial charge in [-0.25, -0.2) is 0 Å². The van der Waals surface area contributed by atoms with E-state index >= 15 is 0 Å². The fraction of sp³-hybridized carbons (Fsp3) is 0.385. The number of nitrogens with zero attached hydrogens (tertiary/aromatic N) is 3. The number of hydrogen-bond donors (Lipinski definition) is 0. The van der Waals surface area contributed by atoms with Crippen molar-refractivity contribution in [1.82, 2.24) is 14.7 Å². The Morgan fingerprint density at radius 3 is 2.89 bits per heavy atom. The maximum atomic E-state index is 12.1. The van der Waals surface area contributed by atoms with E-state index in [1.165, 1.54) is 16.9 Å². The molecule has 0 radical (unpaired) electrons. The van der Waals surface area contributed by atoms with Crippen molar-refractivity contribution in [2.45, 2.75) is 13.5 Å². The van der Waals surface area contributed by atoms with E-state index in [0.717, 1.165) is 24.5 Å². The Balaban J connectivity index is 1.54. The first-order valence-corrected chi connectivity index (χ1v) is 7.35. The lowest BCUT2D eigenvalue weighted by molar-refractivity contribution is 0.0466. The first kappa shape index (κ1) is 12.7. The third-order valence-corrected chi connectivity index (χ3v) is 4.46. The van der Waals surface area contributed by atoms with Crippen LogP contribution in [0.1, 0.15) is 15.2 Å². The molecule has 0 N–H and O–H groups in total. The van der Waals surface area contributed by atoms with Crippen molar-refractivity contribution in [3.63, 3.8) is 0 Å². The second-order valence-corrected chi connectivity index (χ2v) is 6.63. The summed E-state index contributed by atoms with van der Waals surface area (Å²) < 4.78 is 2.61. The van der Waals surface area contributed by atoms with E-state index in [2.05, 4.69) is 5.10 Å². The van der Waals surface area contributed by atoms with E-state index in [1.807, 2.05) is 28.9 Å². The number of likely N-dealkylation sites (tertiary alicyclic amines) is 1. The summed E-state index contributed by atoms with van der Waals surface area (Å²) in [7, 11) is 0. The van der Waals surface area contributed by atoms with Crippen LogP contribution in [0.25, 0.3) is 0 Å². The summed E-state index contributed by atoms with van der Waals surface area (Å²) >= 11 is 7.18. The summed E-state index contributed by atoms with van der Waals surface area (Å²) in [6.07, 6.45) is 3.89. The largest absolute Gasteiger partial charge is 0.337 e. The minimum absolute atomic E-state index is 0.0878. The Bertz CT molecular complexity index is 601. The highest BCUT2D eigenvalue weighted by molar-refractivity contribution is 7.17. The first-order chi connectivity index (χ1) is 9.11. The summed E-state index contributed by atoms with van der Waals surface area (Å²) in [6, 6.07) is 3.56. The number of carbonyl (C=O) groups excluding carboxylic acids is 1. The van der Waals surface area contributed by atoms with E-state index < -0.39 is 0 Å². The highest BCUT2D eigenvalue weighted by atomic mass is 35.5. The zero-order chi connectivity index (χ0) is 13.4. The topological polar surface area (TPSA) is 38.1 Å². The summed E-state index contributed by atoms with van der Waals surface area (Å²) in [5.41, 5.74) is 1.17. The molecule has 1 fully saturated rings. The summed E-state index contributed by atoms with van der Waals surface area (Å²) in [5, 5.41) is 4.27. The number of halogens is 1. The number of rotatable bonds is 3. The second kappa shape index (κ2) is 4.98. The standard InChI is InChI=1S/C13H14ClN3OS/c1-9-4-15-17(5-9)8-10-6-16(7-10)13(18)11-2-3-12(14)19-11/h2-5,10H,6-8H2,1H3. The third kappa shape index (κ3) is 2.67. The molecule has 100 valence electrons. The predicted molar refractivity (Wildman–Crippen MR) is 75.7 cm³/mol. The summed E-state index contributed by atoms with van der Waals surface area (Å²) in [5.74, 6) is 0.587. The lowest BCUT2D eigenvalue weighted by Gasteiger charge is -2.38. The molecule has 1 amide bonds. The van der Waals surface area contributed by atoms with Crippen LogP contribution >= 0.6 is 22.9 Å². The second-order valence-electron chi connectivity index (χ2n) is 4.92. The fourth-order valence-corrected chi connectivity index (χ4v) is 3.28. The highest BCUT2D eigenvalue weighted by Gasteiger charge is 2.32. The van der Waals surface area contributed by atoms with Crippen LogP contribution in [0.2, 0.25) is 4.34 Å². The Kier molecular flexibility index (Phi) is 3.33. The Labute approximate surface area is 120 Å². The molecule has 1 aliphatic heterocycles. The van der Waals surface area contributed by atoms with E-state index in [9.17, 15) is 4.79 Å². The Hall–Kier alpha value is -1.33. The van der Waals surface area contributed by atoms with Crippen LogP contribution in [0.15, 0.2) is 24.5 Å². The lowest BCUT2D eigenvalue weighted by Crippen LogP contribution is -2.51. The number of aryl methyl sites for hydroxylation is 1. The predicted octanol–water partition coefficient (Wildman–Crippen LogP) is 2.68. The van der Waals surface area contributed by atoms with Gasteiger partial charge in [-0.15, -0.1) is 11.3 Å². The van der Waals surface area contributed by atoms with Crippen molar-refractivity contribution in [1.29, 1.82) is 0 Å². The Morgan fingerprint density at radius 2 is 2.32 bits per heavy atom.